The number of fused-ring (bicyclic) bond motifs is 3. The van der Waals surface area contributed by atoms with Crippen LogP contribution in [0.2, 0.25) is 0 Å². The molecular formula is C55H78O10. The third kappa shape index (κ3) is 9.05. The Morgan fingerprint density at radius 2 is 0.785 bits per heavy atom. The van der Waals surface area contributed by atoms with Crippen molar-refractivity contribution in [2.45, 2.75) is 149 Å². The normalized spacial score (nSPS) is 22.4. The molecule has 0 N–H and O–H groups in total. The fraction of sp³-hybridized carbons (Fsp3) is 0.564. The molecule has 4 atom stereocenters. The highest BCUT2D eigenvalue weighted by Gasteiger charge is 2.81. The minimum atomic E-state index is -1.65. The van der Waals surface area contributed by atoms with E-state index >= 15 is 0 Å². The summed E-state index contributed by atoms with van der Waals surface area (Å²) >= 11 is 0. The van der Waals surface area contributed by atoms with Crippen molar-refractivity contribution < 1.29 is 47.4 Å². The first-order valence-electron chi connectivity index (χ1n) is 24.4. The Bertz CT molecular complexity index is 1880. The highest BCUT2D eigenvalue weighted by Crippen LogP contribution is 2.70. The summed E-state index contributed by atoms with van der Waals surface area (Å²) in [5.41, 5.74) is 0.574. The van der Waals surface area contributed by atoms with Crippen molar-refractivity contribution in [3.63, 3.8) is 0 Å². The van der Waals surface area contributed by atoms with Crippen molar-refractivity contribution in [1.29, 1.82) is 0 Å². The van der Waals surface area contributed by atoms with Gasteiger partial charge in [0.1, 0.15) is 17.6 Å². The van der Waals surface area contributed by atoms with Crippen LogP contribution in [0.5, 0.6) is 0 Å². The monoisotopic (exact) mass is 899 g/mol. The standard InChI is InChI=1S/C55H78O10/c1-13-31-58-47-45(56-21-9)39(11)49(60-33-15-3)54(64-37-19-7,51(47)62-35-17-5)53(43-29-25-23-27-41(43)42-28-24-26-30-44(42)53)55(65-38-20-8)50(61-34-16-4)40(12)46(57-22-10)48(59-32-14-2)52(55)63-36-18-6/h21-30,49-50H,9-10,13-20,31-38H2,1-8,11-12H3. The molecule has 0 aliphatic heterocycles. The Kier molecular flexibility index (Phi) is 19.3. The minimum absolute atomic E-state index is 0.307. The van der Waals surface area contributed by atoms with Gasteiger partial charge < -0.3 is 47.4 Å². The van der Waals surface area contributed by atoms with Gasteiger partial charge in [0.15, 0.2) is 34.2 Å². The zero-order valence-electron chi connectivity index (χ0n) is 41.2. The molecule has 0 spiro atoms. The zero-order chi connectivity index (χ0) is 47.0. The molecule has 0 heterocycles. The van der Waals surface area contributed by atoms with E-state index in [9.17, 15) is 0 Å². The van der Waals surface area contributed by atoms with E-state index in [0.717, 1.165) is 59.1 Å². The molecule has 0 saturated heterocycles. The summed E-state index contributed by atoms with van der Waals surface area (Å²) in [5.74, 6) is 2.66. The van der Waals surface area contributed by atoms with Gasteiger partial charge in [-0.1, -0.05) is 117 Å². The van der Waals surface area contributed by atoms with Crippen molar-refractivity contribution in [3.8, 4) is 11.1 Å². The molecule has 10 heteroatoms. The quantitative estimate of drug-likeness (QED) is 0.0706. The van der Waals surface area contributed by atoms with Crippen molar-refractivity contribution in [1.82, 2.24) is 0 Å². The molecule has 0 radical (unpaired) electrons. The number of rotatable bonds is 30. The van der Waals surface area contributed by atoms with Crippen LogP contribution < -0.4 is 0 Å². The zero-order valence-corrected chi connectivity index (χ0v) is 41.2. The van der Waals surface area contributed by atoms with Gasteiger partial charge in [0.25, 0.3) is 0 Å². The molecule has 0 aromatic heterocycles. The first kappa shape index (κ1) is 51.5. The summed E-state index contributed by atoms with van der Waals surface area (Å²) in [6.07, 6.45) is 6.75. The fourth-order valence-electron chi connectivity index (χ4n) is 9.90. The molecule has 0 fully saturated rings. The van der Waals surface area contributed by atoms with Crippen LogP contribution in [0.1, 0.15) is 132 Å². The predicted octanol–water partition coefficient (Wildman–Crippen LogP) is 12.9. The van der Waals surface area contributed by atoms with Crippen LogP contribution >= 0.6 is 0 Å². The second-order valence-corrected chi connectivity index (χ2v) is 16.8. The highest BCUT2D eigenvalue weighted by atomic mass is 16.6. The first-order valence-corrected chi connectivity index (χ1v) is 24.4. The van der Waals surface area contributed by atoms with E-state index in [2.05, 4.69) is 117 Å². The third-order valence-electron chi connectivity index (χ3n) is 12.1. The van der Waals surface area contributed by atoms with Crippen LogP contribution in [0.3, 0.4) is 0 Å². The van der Waals surface area contributed by atoms with Crippen LogP contribution in [0.15, 0.2) is 120 Å². The lowest BCUT2D eigenvalue weighted by Gasteiger charge is -2.63. The van der Waals surface area contributed by atoms with Crippen LogP contribution in [0.4, 0.5) is 0 Å². The average molecular weight is 899 g/mol. The topological polar surface area (TPSA) is 92.3 Å². The van der Waals surface area contributed by atoms with Crippen molar-refractivity contribution in [2.24, 2.45) is 0 Å². The van der Waals surface area contributed by atoms with E-state index < -0.39 is 28.8 Å². The van der Waals surface area contributed by atoms with Gasteiger partial charge in [-0.25, -0.2) is 0 Å². The van der Waals surface area contributed by atoms with Crippen LogP contribution in [-0.4, -0.2) is 76.3 Å². The molecule has 0 saturated carbocycles. The molecule has 10 nitrogen and oxygen atoms in total. The van der Waals surface area contributed by atoms with Gasteiger partial charge in [-0.3, -0.25) is 0 Å². The maximum atomic E-state index is 8.02. The maximum absolute atomic E-state index is 8.02. The second-order valence-electron chi connectivity index (χ2n) is 16.8. The van der Waals surface area contributed by atoms with Crippen molar-refractivity contribution in [3.05, 3.63) is 131 Å². The molecule has 5 rings (SSSR count). The second kappa shape index (κ2) is 24.3. The Morgan fingerprint density at radius 3 is 1.12 bits per heavy atom. The van der Waals surface area contributed by atoms with Crippen molar-refractivity contribution >= 4 is 0 Å². The molecule has 358 valence electrons. The van der Waals surface area contributed by atoms with Gasteiger partial charge in [-0.15, -0.1) is 0 Å². The summed E-state index contributed by atoms with van der Waals surface area (Å²) < 4.78 is 72.5. The van der Waals surface area contributed by atoms with E-state index in [1.54, 1.807) is 0 Å². The van der Waals surface area contributed by atoms with Gasteiger partial charge >= 0.3 is 0 Å². The lowest BCUT2D eigenvalue weighted by molar-refractivity contribution is -0.248. The van der Waals surface area contributed by atoms with E-state index in [1.165, 1.54) is 12.5 Å². The molecule has 65 heavy (non-hydrogen) atoms. The molecule has 4 unspecified atom stereocenters. The van der Waals surface area contributed by atoms with Crippen LogP contribution in [0, 0.1) is 0 Å². The lowest BCUT2D eigenvalue weighted by atomic mass is 9.49. The van der Waals surface area contributed by atoms with Gasteiger partial charge in [0, 0.05) is 37.6 Å². The van der Waals surface area contributed by atoms with Crippen LogP contribution in [0.25, 0.3) is 11.1 Å². The summed E-state index contributed by atoms with van der Waals surface area (Å²) in [5, 5.41) is 0. The number of ether oxygens (including phenoxy) is 10. The van der Waals surface area contributed by atoms with Gasteiger partial charge in [-0.05, 0) is 87.5 Å². The molecule has 0 bridgehead atoms. The Morgan fingerprint density at radius 1 is 0.446 bits per heavy atom. The average Bonchev–Trinajstić information content (AvgIpc) is 3.63. The first-order chi connectivity index (χ1) is 31.7. The predicted molar refractivity (Wildman–Crippen MR) is 258 cm³/mol. The third-order valence-corrected chi connectivity index (χ3v) is 12.1. The van der Waals surface area contributed by atoms with Gasteiger partial charge in [-0.2, -0.15) is 0 Å². The summed E-state index contributed by atoms with van der Waals surface area (Å²) in [7, 11) is 0. The number of benzene rings is 2. The summed E-state index contributed by atoms with van der Waals surface area (Å²) in [6.45, 7) is 31.8. The fourth-order valence-corrected chi connectivity index (χ4v) is 9.90. The SMILES string of the molecule is C=COC1=C(C)C(OCCC)C(OCCC)(C2(C3(OCCC)C(OCCC)=C(OCCC)C(OC=C)=C(C)C3OCCC)c3ccccc3-c3ccccc32)C(OCCC)=C1OCCC. The van der Waals surface area contributed by atoms with E-state index in [4.69, 9.17) is 47.4 Å². The van der Waals surface area contributed by atoms with E-state index in [1.807, 2.05) is 13.8 Å². The van der Waals surface area contributed by atoms with Crippen LogP contribution in [-0.2, 0) is 52.8 Å². The summed E-state index contributed by atoms with van der Waals surface area (Å²) in [6, 6.07) is 17.1. The smallest absolute Gasteiger partial charge is 0.203 e. The number of hydrogen-bond acceptors (Lipinski definition) is 10. The summed E-state index contributed by atoms with van der Waals surface area (Å²) in [4.78, 5) is 0. The van der Waals surface area contributed by atoms with Gasteiger partial charge in [0.05, 0.1) is 39.0 Å². The molecule has 0 amide bonds. The molecule has 3 aliphatic carbocycles. The number of hydrogen-bond donors (Lipinski definition) is 0. The Hall–Kier alpha value is -4.48. The largest absolute Gasteiger partial charge is 0.491 e. The molecular weight excluding hydrogens is 821 g/mol. The van der Waals surface area contributed by atoms with Gasteiger partial charge in [0.2, 0.25) is 11.5 Å². The van der Waals surface area contributed by atoms with Crippen molar-refractivity contribution in [2.75, 3.05) is 52.9 Å². The lowest BCUT2D eigenvalue weighted by Crippen LogP contribution is -2.77. The highest BCUT2D eigenvalue weighted by molar-refractivity contribution is 5.85. The minimum Gasteiger partial charge on any atom is -0.491 e. The maximum Gasteiger partial charge on any atom is 0.203 e. The van der Waals surface area contributed by atoms with E-state index in [-0.39, 0.29) is 0 Å². The Balaban J connectivity index is 2.30. The molecule has 2 aromatic rings. The van der Waals surface area contributed by atoms with E-state index in [0.29, 0.717) is 113 Å². The molecule has 3 aliphatic rings. The Labute approximate surface area is 390 Å². The molecule has 2 aromatic carbocycles.